The zero-order valence-electron chi connectivity index (χ0n) is 9.53. The number of nitrogens with one attached hydrogen (secondary N) is 1. The summed E-state index contributed by atoms with van der Waals surface area (Å²) in [5.41, 5.74) is 5.69. The molecule has 1 rings (SSSR count). The molecule has 0 radical (unpaired) electrons. The standard InChI is InChI=1S/C11H15FN2O3/c1-16-5-6-17-7-10(15)14-11-8(12)3-2-4-9(11)13/h2-4H,5-7,13H2,1H3,(H,14,15). The third kappa shape index (κ3) is 4.38. The average Bonchev–Trinajstić information content (AvgIpc) is 2.30. The molecule has 0 aliphatic carbocycles. The minimum Gasteiger partial charge on any atom is -0.397 e. The third-order valence-electron chi connectivity index (χ3n) is 1.98. The number of rotatable bonds is 6. The molecular weight excluding hydrogens is 227 g/mol. The lowest BCUT2D eigenvalue weighted by molar-refractivity contribution is -0.121. The zero-order valence-corrected chi connectivity index (χ0v) is 9.53. The number of carbonyl (C=O) groups excluding carboxylic acids is 1. The highest BCUT2D eigenvalue weighted by molar-refractivity contribution is 5.94. The summed E-state index contributed by atoms with van der Waals surface area (Å²) >= 11 is 0. The zero-order chi connectivity index (χ0) is 12.7. The predicted octanol–water partition coefficient (Wildman–Crippen LogP) is 1.01. The summed E-state index contributed by atoms with van der Waals surface area (Å²) in [7, 11) is 1.53. The van der Waals surface area contributed by atoms with Crippen molar-refractivity contribution < 1.29 is 18.7 Å². The first-order chi connectivity index (χ1) is 8.15. The maximum atomic E-state index is 13.3. The van der Waals surface area contributed by atoms with Gasteiger partial charge in [-0.1, -0.05) is 6.07 Å². The molecule has 6 heteroatoms. The normalized spacial score (nSPS) is 10.2. The molecule has 0 aromatic heterocycles. The molecule has 0 atom stereocenters. The Morgan fingerprint density at radius 3 is 2.88 bits per heavy atom. The number of ether oxygens (including phenoxy) is 2. The summed E-state index contributed by atoms with van der Waals surface area (Å²) in [5.74, 6) is -1.03. The number of anilines is 2. The number of carbonyl (C=O) groups is 1. The Kier molecular flexibility index (Phi) is 5.38. The highest BCUT2D eigenvalue weighted by atomic mass is 19.1. The summed E-state index contributed by atoms with van der Waals surface area (Å²) in [5, 5.41) is 2.35. The van der Waals surface area contributed by atoms with Crippen LogP contribution in [-0.2, 0) is 14.3 Å². The largest absolute Gasteiger partial charge is 0.397 e. The van der Waals surface area contributed by atoms with E-state index in [1.165, 1.54) is 25.3 Å². The van der Waals surface area contributed by atoms with E-state index in [4.69, 9.17) is 15.2 Å². The van der Waals surface area contributed by atoms with Crippen molar-refractivity contribution >= 4 is 17.3 Å². The van der Waals surface area contributed by atoms with Crippen LogP contribution in [0.4, 0.5) is 15.8 Å². The summed E-state index contributed by atoms with van der Waals surface area (Å²) in [6, 6.07) is 4.19. The van der Waals surface area contributed by atoms with Crippen LogP contribution in [0.5, 0.6) is 0 Å². The smallest absolute Gasteiger partial charge is 0.250 e. The number of nitrogen functional groups attached to an aromatic ring is 1. The van der Waals surface area contributed by atoms with E-state index < -0.39 is 11.7 Å². The lowest BCUT2D eigenvalue weighted by Gasteiger charge is -2.09. The second kappa shape index (κ2) is 6.82. The van der Waals surface area contributed by atoms with Gasteiger partial charge in [0.2, 0.25) is 0 Å². The molecule has 0 aliphatic heterocycles. The number of amides is 1. The predicted molar refractivity (Wildman–Crippen MR) is 62.1 cm³/mol. The number of benzene rings is 1. The molecular formula is C11H15FN2O3. The number of halogens is 1. The fraction of sp³-hybridized carbons (Fsp3) is 0.364. The lowest BCUT2D eigenvalue weighted by atomic mass is 10.2. The summed E-state index contributed by atoms with van der Waals surface area (Å²) in [6.45, 7) is 0.531. The van der Waals surface area contributed by atoms with Gasteiger partial charge in [-0.15, -0.1) is 0 Å². The number of methoxy groups -OCH3 is 1. The molecule has 0 saturated heterocycles. The number of hydrogen-bond donors (Lipinski definition) is 2. The van der Waals surface area contributed by atoms with E-state index in [9.17, 15) is 9.18 Å². The van der Waals surface area contributed by atoms with E-state index >= 15 is 0 Å². The number of para-hydroxylation sites is 1. The van der Waals surface area contributed by atoms with Crippen molar-refractivity contribution in [2.24, 2.45) is 0 Å². The summed E-state index contributed by atoms with van der Waals surface area (Å²) in [4.78, 5) is 11.4. The molecule has 0 unspecified atom stereocenters. The van der Waals surface area contributed by atoms with Gasteiger partial charge in [0, 0.05) is 7.11 Å². The van der Waals surface area contributed by atoms with Gasteiger partial charge in [0.25, 0.3) is 5.91 Å². The van der Waals surface area contributed by atoms with Gasteiger partial charge in [-0.2, -0.15) is 0 Å². The van der Waals surface area contributed by atoms with Crippen LogP contribution in [0.15, 0.2) is 18.2 Å². The van der Waals surface area contributed by atoms with Gasteiger partial charge < -0.3 is 20.5 Å². The molecule has 1 aromatic rings. The van der Waals surface area contributed by atoms with Crippen molar-refractivity contribution in [3.8, 4) is 0 Å². The lowest BCUT2D eigenvalue weighted by Crippen LogP contribution is -2.21. The number of nitrogens with two attached hydrogens (primary N) is 1. The van der Waals surface area contributed by atoms with Gasteiger partial charge >= 0.3 is 0 Å². The highest BCUT2D eigenvalue weighted by Gasteiger charge is 2.09. The van der Waals surface area contributed by atoms with Crippen molar-refractivity contribution in [2.75, 3.05) is 38.0 Å². The van der Waals surface area contributed by atoms with Crippen LogP contribution in [0.3, 0.4) is 0 Å². The molecule has 0 spiro atoms. The van der Waals surface area contributed by atoms with Crippen molar-refractivity contribution in [2.45, 2.75) is 0 Å². The van der Waals surface area contributed by atoms with Gasteiger partial charge in [0.05, 0.1) is 18.9 Å². The summed E-state index contributed by atoms with van der Waals surface area (Å²) < 4.78 is 23.0. The minimum absolute atomic E-state index is 0.0205. The van der Waals surface area contributed by atoms with E-state index in [2.05, 4.69) is 5.32 Å². The molecule has 0 aliphatic rings. The Labute approximate surface area is 98.7 Å². The van der Waals surface area contributed by atoms with Crippen LogP contribution < -0.4 is 11.1 Å². The highest BCUT2D eigenvalue weighted by Crippen LogP contribution is 2.21. The maximum Gasteiger partial charge on any atom is 0.250 e. The minimum atomic E-state index is -0.574. The molecule has 0 bridgehead atoms. The second-order valence-electron chi connectivity index (χ2n) is 3.30. The van der Waals surface area contributed by atoms with Gasteiger partial charge in [-0.25, -0.2) is 4.39 Å². The SMILES string of the molecule is COCCOCC(=O)Nc1c(N)cccc1F. The molecule has 1 aromatic carbocycles. The van der Waals surface area contributed by atoms with Crippen LogP contribution >= 0.6 is 0 Å². The Morgan fingerprint density at radius 1 is 1.47 bits per heavy atom. The first-order valence-corrected chi connectivity index (χ1v) is 5.05. The second-order valence-corrected chi connectivity index (χ2v) is 3.30. The Bertz CT molecular complexity index is 365. The van der Waals surface area contributed by atoms with Crippen LogP contribution in [-0.4, -0.2) is 32.8 Å². The van der Waals surface area contributed by atoms with Crippen LogP contribution in [0.25, 0.3) is 0 Å². The molecule has 0 fully saturated rings. The van der Waals surface area contributed by atoms with Crippen LogP contribution in [0.2, 0.25) is 0 Å². The first-order valence-electron chi connectivity index (χ1n) is 5.05. The van der Waals surface area contributed by atoms with Crippen molar-refractivity contribution in [1.29, 1.82) is 0 Å². The third-order valence-corrected chi connectivity index (χ3v) is 1.98. The average molecular weight is 242 g/mol. The van der Waals surface area contributed by atoms with E-state index in [1.54, 1.807) is 0 Å². The van der Waals surface area contributed by atoms with Gasteiger partial charge in [0.1, 0.15) is 18.1 Å². The maximum absolute atomic E-state index is 13.3. The van der Waals surface area contributed by atoms with Crippen molar-refractivity contribution in [3.63, 3.8) is 0 Å². The van der Waals surface area contributed by atoms with Crippen LogP contribution in [0, 0.1) is 5.82 Å². The monoisotopic (exact) mass is 242 g/mol. The van der Waals surface area contributed by atoms with Crippen molar-refractivity contribution in [1.82, 2.24) is 0 Å². The van der Waals surface area contributed by atoms with E-state index in [1.807, 2.05) is 0 Å². The van der Waals surface area contributed by atoms with E-state index in [0.717, 1.165) is 0 Å². The van der Waals surface area contributed by atoms with Crippen LogP contribution in [0.1, 0.15) is 0 Å². The van der Waals surface area contributed by atoms with Crippen molar-refractivity contribution in [3.05, 3.63) is 24.0 Å². The Morgan fingerprint density at radius 2 is 2.24 bits per heavy atom. The molecule has 1 amide bonds. The fourth-order valence-corrected chi connectivity index (χ4v) is 1.16. The van der Waals surface area contributed by atoms with E-state index in [0.29, 0.717) is 13.2 Å². The quantitative estimate of drug-likeness (QED) is 0.576. The molecule has 0 saturated carbocycles. The van der Waals surface area contributed by atoms with Gasteiger partial charge in [-0.05, 0) is 12.1 Å². The topological polar surface area (TPSA) is 73.6 Å². The van der Waals surface area contributed by atoms with Gasteiger partial charge in [0.15, 0.2) is 0 Å². The molecule has 0 heterocycles. The Balaban J connectivity index is 2.45. The molecule has 17 heavy (non-hydrogen) atoms. The van der Waals surface area contributed by atoms with E-state index in [-0.39, 0.29) is 18.0 Å². The number of hydrogen-bond acceptors (Lipinski definition) is 4. The molecule has 5 nitrogen and oxygen atoms in total. The fourth-order valence-electron chi connectivity index (χ4n) is 1.16. The molecule has 3 N–H and O–H groups in total. The van der Waals surface area contributed by atoms with Gasteiger partial charge in [-0.3, -0.25) is 4.79 Å². The first kappa shape index (κ1) is 13.4. The molecule has 94 valence electrons. The Hall–Kier alpha value is -1.66. The summed E-state index contributed by atoms with van der Waals surface area (Å²) in [6.07, 6.45) is 0.